The van der Waals surface area contributed by atoms with Gasteiger partial charge in [-0.1, -0.05) is 0 Å². The minimum Gasteiger partial charge on any atom is -0.107 e. The van der Waals surface area contributed by atoms with Crippen LogP contribution in [-0.2, 0) is 0 Å². The van der Waals surface area contributed by atoms with Gasteiger partial charge in [0.25, 0.3) is 0 Å². The molecular weight excluding hydrogens is 103 g/mol. The Morgan fingerprint density at radius 1 is 0.857 bits per heavy atom. The lowest BCUT2D eigenvalue weighted by molar-refractivity contribution is 0.949. The Morgan fingerprint density at radius 2 is 1.29 bits per heavy atom. The molecule has 3 rings (SSSR count). The van der Waals surface area contributed by atoms with E-state index in [4.69, 9.17) is 0 Å². The summed E-state index contributed by atoms with van der Waals surface area (Å²) in [6, 6.07) is 0. The van der Waals surface area contributed by atoms with Gasteiger partial charge in [0.15, 0.2) is 0 Å². The van der Waals surface area contributed by atoms with E-state index in [2.05, 4.69) is 0 Å². The molecule has 38 valence electrons. The van der Waals surface area contributed by atoms with Crippen molar-refractivity contribution in [1.82, 2.24) is 0 Å². The maximum absolute atomic E-state index is 1.60. The van der Waals surface area contributed by atoms with Crippen molar-refractivity contribution in [2.45, 2.75) is 36.0 Å². The molecule has 0 bridgehead atoms. The van der Waals surface area contributed by atoms with E-state index in [1.165, 1.54) is 8.58 Å². The van der Waals surface area contributed by atoms with E-state index < -0.39 is 0 Å². The zero-order valence-corrected chi connectivity index (χ0v) is 5.33. The molecule has 1 aliphatic heterocycles. The van der Waals surface area contributed by atoms with E-state index in [-0.39, 0.29) is 0 Å². The molecule has 3 fully saturated rings. The van der Waals surface area contributed by atoms with Crippen LogP contribution in [0.15, 0.2) is 0 Å². The summed E-state index contributed by atoms with van der Waals surface area (Å²) in [5.41, 5.74) is 0. The fourth-order valence-electron chi connectivity index (χ4n) is 1.88. The highest BCUT2D eigenvalue weighted by Crippen LogP contribution is 2.91. The fraction of sp³-hybridized carbons (Fsp3) is 1.00. The molecule has 2 saturated carbocycles. The molecule has 0 nitrogen and oxygen atoms in total. The van der Waals surface area contributed by atoms with Gasteiger partial charge in [0.2, 0.25) is 0 Å². The zero-order valence-electron chi connectivity index (χ0n) is 4.33. The van der Waals surface area contributed by atoms with Gasteiger partial charge in [0.1, 0.15) is 0 Å². The van der Waals surface area contributed by atoms with Crippen LogP contribution in [0, 0.1) is 0 Å². The minimum absolute atomic E-state index is 1.03. The summed E-state index contributed by atoms with van der Waals surface area (Å²) in [5, 5.41) is 2.07. The van der Waals surface area contributed by atoms with Crippen molar-refractivity contribution in [2.75, 3.05) is 0 Å². The van der Waals surface area contributed by atoms with Crippen LogP contribution in [0.3, 0.4) is 0 Å². The third kappa shape index (κ3) is 0.230. The third-order valence-corrected chi connectivity index (χ3v) is 5.50. The maximum Gasteiger partial charge on any atom is -0.00226 e. The summed E-state index contributed by atoms with van der Waals surface area (Å²) in [7, 11) is 1.41. The first-order valence-corrected chi connectivity index (χ1v) is 4.16. The smallest absolute Gasteiger partial charge is 0.00226 e. The molecule has 0 atom stereocenters. The van der Waals surface area contributed by atoms with Crippen LogP contribution in [-0.4, -0.2) is 10.3 Å². The van der Waals surface area contributed by atoms with Gasteiger partial charge >= 0.3 is 0 Å². The highest BCUT2D eigenvalue weighted by Gasteiger charge is 2.79. The molecule has 0 N–H and O–H groups in total. The largest absolute Gasteiger partial charge is 0.107 e. The summed E-state index contributed by atoms with van der Waals surface area (Å²) in [6.07, 6.45) is 6.41. The predicted octanol–water partition coefficient (Wildman–Crippen LogP) is 1.74. The SMILES string of the molecule is C1CC12PC21CC1. The molecule has 0 amide bonds. The van der Waals surface area contributed by atoms with Gasteiger partial charge in [-0.2, -0.15) is 0 Å². The normalized spacial score (nSPS) is 48.0. The van der Waals surface area contributed by atoms with Crippen molar-refractivity contribution in [3.05, 3.63) is 0 Å². The Hall–Kier alpha value is 0.430. The molecule has 0 aromatic heterocycles. The Labute approximate surface area is 45.5 Å². The first-order valence-electron chi connectivity index (χ1n) is 3.16. The van der Waals surface area contributed by atoms with Crippen LogP contribution in [0.5, 0.6) is 0 Å². The van der Waals surface area contributed by atoms with E-state index in [1.807, 2.05) is 0 Å². The van der Waals surface area contributed by atoms with Crippen LogP contribution < -0.4 is 0 Å². The topological polar surface area (TPSA) is 0 Å². The molecule has 0 radical (unpaired) electrons. The molecule has 2 aliphatic carbocycles. The third-order valence-electron chi connectivity index (χ3n) is 2.83. The van der Waals surface area contributed by atoms with E-state index in [1.54, 1.807) is 25.7 Å². The lowest BCUT2D eigenvalue weighted by Gasteiger charge is -1.74. The average Bonchev–Trinajstić information content (AvgIpc) is 2.38. The Kier molecular flexibility index (Phi) is 0.308. The summed E-state index contributed by atoms with van der Waals surface area (Å²) in [4.78, 5) is 0. The Bertz CT molecular complexity index is 115. The molecule has 2 spiro atoms. The van der Waals surface area contributed by atoms with Gasteiger partial charge in [0, 0.05) is 0 Å². The van der Waals surface area contributed by atoms with Crippen LogP contribution >= 0.6 is 8.58 Å². The molecular formula is C6H9P. The first kappa shape index (κ1) is 3.45. The molecule has 0 aromatic rings. The van der Waals surface area contributed by atoms with Crippen LogP contribution in [0.25, 0.3) is 0 Å². The van der Waals surface area contributed by atoms with Gasteiger partial charge in [-0.05, 0) is 36.0 Å². The summed E-state index contributed by atoms with van der Waals surface area (Å²) in [5.74, 6) is 0. The Balaban J connectivity index is 2.08. The summed E-state index contributed by atoms with van der Waals surface area (Å²) >= 11 is 0. The number of hydrogen-bond donors (Lipinski definition) is 0. The van der Waals surface area contributed by atoms with Crippen LogP contribution in [0.2, 0.25) is 0 Å². The molecule has 1 heteroatoms. The van der Waals surface area contributed by atoms with Crippen LogP contribution in [0.4, 0.5) is 0 Å². The zero-order chi connectivity index (χ0) is 4.54. The summed E-state index contributed by atoms with van der Waals surface area (Å²) in [6.45, 7) is 0. The second-order valence-electron chi connectivity index (χ2n) is 3.29. The van der Waals surface area contributed by atoms with Gasteiger partial charge in [0.05, 0.1) is 0 Å². The number of fused-ring (bicyclic) bond motifs is 1. The van der Waals surface area contributed by atoms with Crippen molar-refractivity contribution in [3.8, 4) is 0 Å². The fourth-order valence-corrected chi connectivity index (χ4v) is 3.99. The maximum atomic E-state index is 1.60. The van der Waals surface area contributed by atoms with Crippen molar-refractivity contribution in [1.29, 1.82) is 0 Å². The molecule has 1 heterocycles. The second-order valence-corrected chi connectivity index (χ2v) is 5.45. The molecule has 1 saturated heterocycles. The molecule has 0 aromatic carbocycles. The van der Waals surface area contributed by atoms with Crippen molar-refractivity contribution in [2.24, 2.45) is 0 Å². The number of hydrogen-bond acceptors (Lipinski definition) is 0. The van der Waals surface area contributed by atoms with Gasteiger partial charge in [-0.25, -0.2) is 0 Å². The summed E-state index contributed by atoms with van der Waals surface area (Å²) < 4.78 is 0. The Morgan fingerprint density at radius 3 is 1.43 bits per heavy atom. The minimum atomic E-state index is 1.03. The molecule has 7 heavy (non-hydrogen) atoms. The molecule has 0 unspecified atom stereocenters. The van der Waals surface area contributed by atoms with Crippen LogP contribution in [0.1, 0.15) is 25.7 Å². The molecule has 3 aliphatic rings. The lowest BCUT2D eigenvalue weighted by Crippen LogP contribution is -1.87. The van der Waals surface area contributed by atoms with E-state index in [0.29, 0.717) is 0 Å². The number of rotatable bonds is 0. The second kappa shape index (κ2) is 0.624. The van der Waals surface area contributed by atoms with Crippen molar-refractivity contribution in [3.63, 3.8) is 0 Å². The quantitative estimate of drug-likeness (QED) is 0.419. The first-order chi connectivity index (χ1) is 3.37. The van der Waals surface area contributed by atoms with E-state index >= 15 is 0 Å². The van der Waals surface area contributed by atoms with Gasteiger partial charge in [-0.15, -0.1) is 8.58 Å². The predicted molar refractivity (Wildman–Crippen MR) is 32.2 cm³/mol. The van der Waals surface area contributed by atoms with E-state index in [9.17, 15) is 0 Å². The highest BCUT2D eigenvalue weighted by molar-refractivity contribution is 7.53. The standard InChI is InChI=1S/C6H9P/c1-2-5(1)6(7-5)3-4-6/h7H,1-4H2. The average molecular weight is 112 g/mol. The highest BCUT2D eigenvalue weighted by atomic mass is 31.1. The van der Waals surface area contributed by atoms with Gasteiger partial charge in [-0.3, -0.25) is 0 Å². The van der Waals surface area contributed by atoms with Gasteiger partial charge < -0.3 is 0 Å². The van der Waals surface area contributed by atoms with Crippen molar-refractivity contribution >= 4 is 8.58 Å². The van der Waals surface area contributed by atoms with Crippen molar-refractivity contribution < 1.29 is 0 Å². The van der Waals surface area contributed by atoms with E-state index in [0.717, 1.165) is 10.3 Å². The monoisotopic (exact) mass is 112 g/mol. The lowest BCUT2D eigenvalue weighted by atomic mass is 10.3.